The summed E-state index contributed by atoms with van der Waals surface area (Å²) in [7, 11) is 3.15. The fourth-order valence-corrected chi connectivity index (χ4v) is 4.50. The molecule has 0 bridgehead atoms. The summed E-state index contributed by atoms with van der Waals surface area (Å²) in [5.74, 6) is 0. The average Bonchev–Trinajstić information content (AvgIpc) is 3.06. The van der Waals surface area contributed by atoms with Crippen LogP contribution in [-0.2, 0) is 27.2 Å². The SMILES string of the molecule is Cn1c(=O)c2c(ncn2CCCN2CCCN(Cc3ccccc3Cl)CC2)n(C)c1=O. The van der Waals surface area contributed by atoms with Gasteiger partial charge in [0.25, 0.3) is 5.56 Å². The maximum absolute atomic E-state index is 12.6. The van der Waals surface area contributed by atoms with E-state index in [2.05, 4.69) is 20.9 Å². The maximum Gasteiger partial charge on any atom is 0.332 e. The zero-order chi connectivity index (χ0) is 22.0. The number of aryl methyl sites for hydroxylation is 2. The molecule has 0 radical (unpaired) electrons. The van der Waals surface area contributed by atoms with Crippen molar-refractivity contribution >= 4 is 22.8 Å². The van der Waals surface area contributed by atoms with Gasteiger partial charge in [0.15, 0.2) is 11.2 Å². The predicted octanol–water partition coefficient (Wildman–Crippen LogP) is 1.69. The Morgan fingerprint density at radius 3 is 2.52 bits per heavy atom. The molecule has 0 atom stereocenters. The highest BCUT2D eigenvalue weighted by atomic mass is 35.5. The molecule has 1 aliphatic heterocycles. The number of imidazole rings is 1. The van der Waals surface area contributed by atoms with Gasteiger partial charge in [0.2, 0.25) is 0 Å². The van der Waals surface area contributed by atoms with Crippen LogP contribution in [0.2, 0.25) is 5.02 Å². The lowest BCUT2D eigenvalue weighted by Crippen LogP contribution is -2.37. The number of hydrogen-bond donors (Lipinski definition) is 0. The number of fused-ring (bicyclic) bond motifs is 1. The summed E-state index contributed by atoms with van der Waals surface area (Å²) in [5.41, 5.74) is 1.47. The summed E-state index contributed by atoms with van der Waals surface area (Å²) in [4.78, 5) is 33.9. The standard InChI is InChI=1S/C22H29ClN6O2/c1-25-20-19(21(30)26(2)22(25)31)29(16-24-20)12-6-10-27-9-5-11-28(14-13-27)15-17-7-3-4-8-18(17)23/h3-4,7-8,16H,5-6,9-15H2,1-2H3. The van der Waals surface area contributed by atoms with Crippen LogP contribution in [0.4, 0.5) is 0 Å². The smallest absolute Gasteiger partial charge is 0.325 e. The van der Waals surface area contributed by atoms with Gasteiger partial charge in [-0.2, -0.15) is 0 Å². The second-order valence-corrected chi connectivity index (χ2v) is 8.64. The number of nitrogens with zero attached hydrogens (tertiary/aromatic N) is 6. The molecule has 0 spiro atoms. The van der Waals surface area contributed by atoms with Gasteiger partial charge in [-0.05, 0) is 44.1 Å². The van der Waals surface area contributed by atoms with Crippen LogP contribution in [0.15, 0.2) is 40.2 Å². The fraction of sp³-hybridized carbons (Fsp3) is 0.500. The Bertz CT molecular complexity index is 1180. The van der Waals surface area contributed by atoms with Crippen LogP contribution in [0.3, 0.4) is 0 Å². The molecule has 166 valence electrons. The van der Waals surface area contributed by atoms with Crippen molar-refractivity contribution in [2.24, 2.45) is 14.1 Å². The summed E-state index contributed by atoms with van der Waals surface area (Å²) >= 11 is 6.32. The molecular weight excluding hydrogens is 416 g/mol. The molecule has 0 N–H and O–H groups in total. The van der Waals surface area contributed by atoms with Gasteiger partial charge >= 0.3 is 5.69 Å². The topological polar surface area (TPSA) is 68.3 Å². The molecule has 1 aromatic carbocycles. The Balaban J connectivity index is 1.34. The summed E-state index contributed by atoms with van der Waals surface area (Å²) in [6, 6.07) is 8.05. The van der Waals surface area contributed by atoms with Crippen LogP contribution in [0.5, 0.6) is 0 Å². The number of hydrogen-bond acceptors (Lipinski definition) is 5. The van der Waals surface area contributed by atoms with E-state index < -0.39 is 0 Å². The van der Waals surface area contributed by atoms with Crippen molar-refractivity contribution in [3.8, 4) is 0 Å². The van der Waals surface area contributed by atoms with Gasteiger partial charge in [-0.3, -0.25) is 18.8 Å². The predicted molar refractivity (Wildman–Crippen MR) is 123 cm³/mol. The van der Waals surface area contributed by atoms with Crippen molar-refractivity contribution in [2.75, 3.05) is 32.7 Å². The number of aromatic nitrogens is 4. The largest absolute Gasteiger partial charge is 0.332 e. The summed E-state index contributed by atoms with van der Waals surface area (Å²) < 4.78 is 4.44. The first kappa shape index (κ1) is 21.8. The van der Waals surface area contributed by atoms with Gasteiger partial charge in [0, 0.05) is 45.3 Å². The molecule has 3 heterocycles. The highest BCUT2D eigenvalue weighted by molar-refractivity contribution is 6.31. The summed E-state index contributed by atoms with van der Waals surface area (Å²) in [5, 5.41) is 0.833. The molecule has 3 aromatic rings. The summed E-state index contributed by atoms with van der Waals surface area (Å²) in [6.07, 6.45) is 3.71. The quantitative estimate of drug-likeness (QED) is 0.578. The fourth-order valence-electron chi connectivity index (χ4n) is 4.30. The highest BCUT2D eigenvalue weighted by Gasteiger charge is 2.17. The minimum atomic E-state index is -0.353. The second-order valence-electron chi connectivity index (χ2n) is 8.23. The van der Waals surface area contributed by atoms with Crippen molar-refractivity contribution in [1.82, 2.24) is 28.5 Å². The molecule has 0 aliphatic carbocycles. The van der Waals surface area contributed by atoms with Crippen molar-refractivity contribution < 1.29 is 0 Å². The van der Waals surface area contributed by atoms with Crippen LogP contribution in [0.25, 0.3) is 11.2 Å². The van der Waals surface area contributed by atoms with E-state index in [-0.39, 0.29) is 11.2 Å². The number of rotatable bonds is 6. The van der Waals surface area contributed by atoms with Gasteiger partial charge in [0.05, 0.1) is 6.33 Å². The van der Waals surface area contributed by atoms with Crippen LogP contribution < -0.4 is 11.2 Å². The van der Waals surface area contributed by atoms with Crippen molar-refractivity contribution in [1.29, 1.82) is 0 Å². The molecule has 8 nitrogen and oxygen atoms in total. The van der Waals surface area contributed by atoms with E-state index in [1.807, 2.05) is 22.8 Å². The first-order valence-electron chi connectivity index (χ1n) is 10.7. The van der Waals surface area contributed by atoms with E-state index >= 15 is 0 Å². The third-order valence-electron chi connectivity index (χ3n) is 6.12. The lowest BCUT2D eigenvalue weighted by Gasteiger charge is -2.22. The molecule has 1 fully saturated rings. The van der Waals surface area contributed by atoms with Gasteiger partial charge < -0.3 is 9.47 Å². The molecule has 2 aromatic heterocycles. The zero-order valence-corrected chi connectivity index (χ0v) is 18.9. The van der Waals surface area contributed by atoms with Crippen LogP contribution >= 0.6 is 11.6 Å². The minimum absolute atomic E-state index is 0.291. The van der Waals surface area contributed by atoms with Gasteiger partial charge in [-0.25, -0.2) is 9.78 Å². The van der Waals surface area contributed by atoms with E-state index in [4.69, 9.17) is 11.6 Å². The van der Waals surface area contributed by atoms with Crippen molar-refractivity contribution in [3.63, 3.8) is 0 Å². The molecule has 31 heavy (non-hydrogen) atoms. The van der Waals surface area contributed by atoms with E-state index in [1.165, 1.54) is 17.2 Å². The molecule has 0 saturated carbocycles. The third kappa shape index (κ3) is 4.61. The van der Waals surface area contributed by atoms with Gasteiger partial charge in [-0.1, -0.05) is 29.8 Å². The minimum Gasteiger partial charge on any atom is -0.325 e. The second kappa shape index (κ2) is 9.38. The van der Waals surface area contributed by atoms with E-state index in [0.29, 0.717) is 17.7 Å². The van der Waals surface area contributed by atoms with Crippen molar-refractivity contribution in [2.45, 2.75) is 25.9 Å². The van der Waals surface area contributed by atoms with Crippen LogP contribution in [0.1, 0.15) is 18.4 Å². The van der Waals surface area contributed by atoms with E-state index in [1.54, 1.807) is 13.4 Å². The van der Waals surface area contributed by atoms with Crippen molar-refractivity contribution in [3.05, 3.63) is 62.0 Å². The Labute approximate surface area is 186 Å². The first-order valence-corrected chi connectivity index (χ1v) is 11.1. The highest BCUT2D eigenvalue weighted by Crippen LogP contribution is 2.18. The molecule has 0 amide bonds. The molecule has 1 saturated heterocycles. The molecule has 9 heteroatoms. The van der Waals surface area contributed by atoms with E-state index in [9.17, 15) is 9.59 Å². The van der Waals surface area contributed by atoms with Gasteiger partial charge in [0.1, 0.15) is 0 Å². The monoisotopic (exact) mass is 444 g/mol. The summed E-state index contributed by atoms with van der Waals surface area (Å²) in [6.45, 7) is 6.72. The molecule has 1 aliphatic rings. The average molecular weight is 445 g/mol. The lowest BCUT2D eigenvalue weighted by atomic mass is 10.2. The van der Waals surface area contributed by atoms with Crippen LogP contribution in [-0.4, -0.2) is 61.2 Å². The molecular formula is C22H29ClN6O2. The Morgan fingerprint density at radius 2 is 1.71 bits per heavy atom. The molecule has 4 rings (SSSR count). The number of benzene rings is 1. The maximum atomic E-state index is 12.6. The lowest BCUT2D eigenvalue weighted by molar-refractivity contribution is 0.248. The third-order valence-corrected chi connectivity index (χ3v) is 6.49. The number of halogens is 1. The zero-order valence-electron chi connectivity index (χ0n) is 18.1. The van der Waals surface area contributed by atoms with Gasteiger partial charge in [-0.15, -0.1) is 0 Å². The Kier molecular flexibility index (Phi) is 6.60. The Hall–Kier alpha value is -2.42. The first-order chi connectivity index (χ1) is 15.0. The normalized spacial score (nSPS) is 16.1. The van der Waals surface area contributed by atoms with Crippen LogP contribution in [0, 0.1) is 0 Å². The molecule has 0 unspecified atom stereocenters. The Morgan fingerprint density at radius 1 is 0.968 bits per heavy atom. The van der Waals surface area contributed by atoms with E-state index in [0.717, 1.165) is 61.7 Å².